The second-order valence-electron chi connectivity index (χ2n) is 4.79. The third-order valence-corrected chi connectivity index (χ3v) is 3.35. The van der Waals surface area contributed by atoms with E-state index >= 15 is 0 Å². The van der Waals surface area contributed by atoms with Crippen LogP contribution in [0.5, 0.6) is 0 Å². The van der Waals surface area contributed by atoms with Crippen molar-refractivity contribution in [3.05, 3.63) is 54.1 Å². The largest absolute Gasteiger partial charge is 0.368 e. The van der Waals surface area contributed by atoms with Gasteiger partial charge in [-0.1, -0.05) is 36.4 Å². The monoisotopic (exact) mass is 265 g/mol. The Labute approximate surface area is 116 Å². The fourth-order valence-electron chi connectivity index (χ4n) is 2.42. The Morgan fingerprint density at radius 1 is 1.15 bits per heavy atom. The van der Waals surface area contributed by atoms with Gasteiger partial charge in [-0.05, 0) is 24.6 Å². The molecule has 0 fully saturated rings. The summed E-state index contributed by atoms with van der Waals surface area (Å²) in [5.41, 5.74) is 9.30. The highest BCUT2D eigenvalue weighted by molar-refractivity contribution is 5.84. The predicted molar refractivity (Wildman–Crippen MR) is 79.1 cm³/mol. The van der Waals surface area contributed by atoms with Crippen molar-refractivity contribution >= 4 is 16.9 Å². The number of carbonyl (C=O) groups excluding carboxylic acids is 1. The summed E-state index contributed by atoms with van der Waals surface area (Å²) in [7, 11) is 0. The second-order valence-corrected chi connectivity index (χ2v) is 4.79. The molecule has 1 amide bonds. The van der Waals surface area contributed by atoms with Crippen LogP contribution in [0.1, 0.15) is 5.56 Å². The topological polar surface area (TPSA) is 60.9 Å². The van der Waals surface area contributed by atoms with Crippen LogP contribution in [0.4, 0.5) is 0 Å². The van der Waals surface area contributed by atoms with E-state index in [9.17, 15) is 4.79 Å². The predicted octanol–water partition coefficient (Wildman–Crippen LogP) is 2.50. The molecular weight excluding hydrogens is 250 g/mol. The minimum Gasteiger partial charge on any atom is -0.368 e. The quantitative estimate of drug-likeness (QED) is 0.791. The minimum atomic E-state index is -0.372. The number of aromatic nitrogens is 2. The molecule has 1 aromatic heterocycles. The van der Waals surface area contributed by atoms with Gasteiger partial charge in [-0.15, -0.1) is 0 Å². The summed E-state index contributed by atoms with van der Waals surface area (Å²) in [5.74, 6) is 0.408. The Balaban J connectivity index is 2.29. The summed E-state index contributed by atoms with van der Waals surface area (Å²) < 4.78 is 1.88. The number of para-hydroxylation sites is 2. The number of aryl methyl sites for hydroxylation is 1. The molecule has 20 heavy (non-hydrogen) atoms. The van der Waals surface area contributed by atoms with Crippen molar-refractivity contribution in [3.8, 4) is 11.4 Å². The Kier molecular flexibility index (Phi) is 2.99. The molecular formula is C16H15N3O. The number of nitrogens with zero attached hydrogens (tertiary/aromatic N) is 2. The normalized spacial score (nSPS) is 10.8. The maximum absolute atomic E-state index is 11.4. The molecule has 1 heterocycles. The van der Waals surface area contributed by atoms with Crippen LogP contribution in [-0.4, -0.2) is 15.5 Å². The lowest BCUT2D eigenvalue weighted by molar-refractivity contribution is -0.118. The summed E-state index contributed by atoms with van der Waals surface area (Å²) in [4.78, 5) is 16.0. The van der Waals surface area contributed by atoms with Crippen molar-refractivity contribution in [2.75, 3.05) is 0 Å². The Morgan fingerprint density at radius 3 is 2.60 bits per heavy atom. The van der Waals surface area contributed by atoms with Gasteiger partial charge in [-0.3, -0.25) is 4.79 Å². The van der Waals surface area contributed by atoms with E-state index in [1.54, 1.807) is 0 Å². The van der Waals surface area contributed by atoms with Gasteiger partial charge in [0.15, 0.2) is 0 Å². The number of imidazole rings is 1. The van der Waals surface area contributed by atoms with Gasteiger partial charge in [0.25, 0.3) is 0 Å². The van der Waals surface area contributed by atoms with E-state index < -0.39 is 0 Å². The van der Waals surface area contributed by atoms with Crippen LogP contribution in [0, 0.1) is 6.92 Å². The molecule has 0 unspecified atom stereocenters. The molecule has 4 nitrogen and oxygen atoms in total. The highest BCUT2D eigenvalue weighted by Gasteiger charge is 2.14. The molecule has 0 aliphatic heterocycles. The molecule has 0 bridgehead atoms. The lowest BCUT2D eigenvalue weighted by Gasteiger charge is -2.09. The first-order valence-electron chi connectivity index (χ1n) is 6.46. The van der Waals surface area contributed by atoms with Gasteiger partial charge in [0.05, 0.1) is 11.0 Å². The highest BCUT2D eigenvalue weighted by atomic mass is 16.1. The molecule has 0 saturated heterocycles. The van der Waals surface area contributed by atoms with Crippen LogP contribution in [0.2, 0.25) is 0 Å². The van der Waals surface area contributed by atoms with Crippen molar-refractivity contribution < 1.29 is 4.79 Å². The standard InChI is InChI=1S/C16H15N3O/c1-11-6-2-3-7-12(11)16-18-13-8-4-5-9-14(13)19(16)10-15(17)20/h2-9H,10H2,1H3,(H2,17,20). The number of fused-ring (bicyclic) bond motifs is 1. The van der Waals surface area contributed by atoms with E-state index in [0.29, 0.717) is 0 Å². The lowest BCUT2D eigenvalue weighted by atomic mass is 10.1. The molecule has 0 radical (unpaired) electrons. The average Bonchev–Trinajstić information content (AvgIpc) is 2.78. The maximum atomic E-state index is 11.4. The first-order valence-corrected chi connectivity index (χ1v) is 6.46. The molecule has 3 aromatic rings. The third kappa shape index (κ3) is 2.05. The summed E-state index contributed by atoms with van der Waals surface area (Å²) in [6.45, 7) is 2.16. The van der Waals surface area contributed by atoms with Crippen molar-refractivity contribution in [2.24, 2.45) is 5.73 Å². The van der Waals surface area contributed by atoms with Gasteiger partial charge in [-0.25, -0.2) is 4.98 Å². The highest BCUT2D eigenvalue weighted by Crippen LogP contribution is 2.26. The zero-order valence-electron chi connectivity index (χ0n) is 11.2. The number of hydrogen-bond acceptors (Lipinski definition) is 2. The van der Waals surface area contributed by atoms with Crippen LogP contribution in [0.3, 0.4) is 0 Å². The number of carbonyl (C=O) groups is 1. The molecule has 2 N–H and O–H groups in total. The number of hydrogen-bond donors (Lipinski definition) is 1. The van der Waals surface area contributed by atoms with Gasteiger partial charge in [0, 0.05) is 5.56 Å². The fraction of sp³-hybridized carbons (Fsp3) is 0.125. The minimum absolute atomic E-state index is 0.129. The second kappa shape index (κ2) is 4.81. The number of benzene rings is 2. The molecule has 100 valence electrons. The molecule has 0 aliphatic rings. The Morgan fingerprint density at radius 2 is 1.85 bits per heavy atom. The van der Waals surface area contributed by atoms with Crippen LogP contribution >= 0.6 is 0 Å². The molecule has 2 aromatic carbocycles. The zero-order chi connectivity index (χ0) is 14.1. The SMILES string of the molecule is Cc1ccccc1-c1nc2ccccc2n1CC(N)=O. The summed E-state index contributed by atoms with van der Waals surface area (Å²) in [6, 6.07) is 15.8. The summed E-state index contributed by atoms with van der Waals surface area (Å²) in [5, 5.41) is 0. The number of nitrogens with two attached hydrogens (primary N) is 1. The number of amides is 1. The first kappa shape index (κ1) is 12.4. The van der Waals surface area contributed by atoms with E-state index in [1.165, 1.54) is 0 Å². The van der Waals surface area contributed by atoms with Gasteiger partial charge in [0.1, 0.15) is 12.4 Å². The van der Waals surface area contributed by atoms with Crippen LogP contribution in [0.25, 0.3) is 22.4 Å². The molecule has 4 heteroatoms. The molecule has 0 spiro atoms. The fourth-order valence-corrected chi connectivity index (χ4v) is 2.42. The van der Waals surface area contributed by atoms with E-state index in [2.05, 4.69) is 4.98 Å². The van der Waals surface area contributed by atoms with Crippen LogP contribution in [0.15, 0.2) is 48.5 Å². The number of primary amides is 1. The van der Waals surface area contributed by atoms with Crippen molar-refractivity contribution in [3.63, 3.8) is 0 Å². The van der Waals surface area contributed by atoms with E-state index in [4.69, 9.17) is 5.73 Å². The molecule has 0 saturated carbocycles. The maximum Gasteiger partial charge on any atom is 0.237 e. The number of rotatable bonds is 3. The molecule has 0 atom stereocenters. The Hall–Kier alpha value is -2.62. The smallest absolute Gasteiger partial charge is 0.237 e. The zero-order valence-corrected chi connectivity index (χ0v) is 11.2. The Bertz CT molecular complexity index is 789. The first-order chi connectivity index (χ1) is 9.66. The summed E-state index contributed by atoms with van der Waals surface area (Å²) >= 11 is 0. The van der Waals surface area contributed by atoms with Crippen molar-refractivity contribution in [2.45, 2.75) is 13.5 Å². The van der Waals surface area contributed by atoms with Gasteiger partial charge in [-0.2, -0.15) is 0 Å². The van der Waals surface area contributed by atoms with E-state index in [-0.39, 0.29) is 12.5 Å². The van der Waals surface area contributed by atoms with Gasteiger partial charge >= 0.3 is 0 Å². The van der Waals surface area contributed by atoms with Gasteiger partial charge in [0.2, 0.25) is 5.91 Å². The summed E-state index contributed by atoms with van der Waals surface area (Å²) in [6.07, 6.45) is 0. The van der Waals surface area contributed by atoms with E-state index in [0.717, 1.165) is 28.0 Å². The van der Waals surface area contributed by atoms with Crippen molar-refractivity contribution in [1.82, 2.24) is 9.55 Å². The average molecular weight is 265 g/mol. The molecule has 0 aliphatic carbocycles. The van der Waals surface area contributed by atoms with E-state index in [1.807, 2.05) is 60.0 Å². The third-order valence-electron chi connectivity index (χ3n) is 3.35. The van der Waals surface area contributed by atoms with Crippen LogP contribution < -0.4 is 5.73 Å². The van der Waals surface area contributed by atoms with Gasteiger partial charge < -0.3 is 10.3 Å². The lowest BCUT2D eigenvalue weighted by Crippen LogP contribution is -2.19. The van der Waals surface area contributed by atoms with Crippen LogP contribution in [-0.2, 0) is 11.3 Å². The molecule has 3 rings (SSSR count). The van der Waals surface area contributed by atoms with Crippen molar-refractivity contribution in [1.29, 1.82) is 0 Å².